The third-order valence-electron chi connectivity index (χ3n) is 2.95. The van der Waals surface area contributed by atoms with E-state index >= 15 is 0 Å². The van der Waals surface area contributed by atoms with E-state index in [0.717, 1.165) is 16.3 Å². The molecule has 0 aliphatic carbocycles. The molecule has 3 nitrogen and oxygen atoms in total. The van der Waals surface area contributed by atoms with Crippen molar-refractivity contribution >= 4 is 22.4 Å². The molecule has 3 rings (SSSR count). The van der Waals surface area contributed by atoms with Crippen LogP contribution in [0.3, 0.4) is 0 Å². The Morgan fingerprint density at radius 1 is 1.05 bits per heavy atom. The Kier molecular flexibility index (Phi) is 3.05. The zero-order chi connectivity index (χ0) is 13.2. The number of benzene rings is 2. The normalized spacial score (nSPS) is 10.8. The lowest BCUT2D eigenvalue weighted by molar-refractivity contribution is 1.06. The molecule has 94 valence electrons. The molecule has 0 unspecified atom stereocenters. The van der Waals surface area contributed by atoms with Crippen LogP contribution in [0.25, 0.3) is 22.2 Å². The molecule has 0 saturated carbocycles. The number of rotatable bonds is 2. The molecule has 4 heteroatoms. The second kappa shape index (κ2) is 4.86. The van der Waals surface area contributed by atoms with Crippen LogP contribution in [0.4, 0.5) is 0 Å². The smallest absolute Gasteiger partial charge is 0.251 e. The van der Waals surface area contributed by atoms with E-state index in [-0.39, 0.29) is 11.4 Å². The molecule has 0 bridgehead atoms. The number of H-pyrrole nitrogens is 1. The van der Waals surface area contributed by atoms with Gasteiger partial charge in [0.25, 0.3) is 5.56 Å². The number of alkyl halides is 1. The highest BCUT2D eigenvalue weighted by Crippen LogP contribution is 2.21. The largest absolute Gasteiger partial charge is 0.307 e. The van der Waals surface area contributed by atoms with Crippen molar-refractivity contribution in [1.29, 1.82) is 0 Å². The standard InChI is InChI=1S/C15H11ClN2O/c16-9-13-8-14(19)18-15(17-13)12-6-5-10-3-1-2-4-11(10)7-12/h1-8H,9H2,(H,17,18,19). The van der Waals surface area contributed by atoms with Crippen molar-refractivity contribution < 1.29 is 0 Å². The van der Waals surface area contributed by atoms with E-state index in [0.29, 0.717) is 11.5 Å². The fraction of sp³-hybridized carbons (Fsp3) is 0.0667. The van der Waals surface area contributed by atoms with Crippen molar-refractivity contribution in [2.75, 3.05) is 0 Å². The zero-order valence-electron chi connectivity index (χ0n) is 10.1. The maximum atomic E-state index is 11.6. The average Bonchev–Trinajstić information content (AvgIpc) is 2.46. The SMILES string of the molecule is O=c1cc(CCl)nc(-c2ccc3ccccc3c2)[nH]1. The average molecular weight is 271 g/mol. The summed E-state index contributed by atoms with van der Waals surface area (Å²) in [6.07, 6.45) is 0. The molecule has 2 aromatic carbocycles. The summed E-state index contributed by atoms with van der Waals surface area (Å²) in [6.45, 7) is 0. The topological polar surface area (TPSA) is 45.8 Å². The molecule has 1 aromatic heterocycles. The van der Waals surface area contributed by atoms with Crippen LogP contribution in [0.2, 0.25) is 0 Å². The Morgan fingerprint density at radius 3 is 2.63 bits per heavy atom. The summed E-state index contributed by atoms with van der Waals surface area (Å²) in [4.78, 5) is 18.6. The first-order valence-electron chi connectivity index (χ1n) is 5.91. The Morgan fingerprint density at radius 2 is 1.84 bits per heavy atom. The second-order valence-electron chi connectivity index (χ2n) is 4.28. The Hall–Kier alpha value is -2.13. The molecule has 19 heavy (non-hydrogen) atoms. The Bertz CT molecular complexity index is 795. The third kappa shape index (κ3) is 2.37. The van der Waals surface area contributed by atoms with Crippen molar-refractivity contribution in [1.82, 2.24) is 9.97 Å². The number of hydrogen-bond donors (Lipinski definition) is 1. The summed E-state index contributed by atoms with van der Waals surface area (Å²) in [7, 11) is 0. The molecule has 0 aliphatic heterocycles. The van der Waals surface area contributed by atoms with E-state index in [1.165, 1.54) is 6.07 Å². The number of hydrogen-bond acceptors (Lipinski definition) is 2. The third-order valence-corrected chi connectivity index (χ3v) is 3.23. The first-order chi connectivity index (χ1) is 9.26. The lowest BCUT2D eigenvalue weighted by Gasteiger charge is -2.04. The van der Waals surface area contributed by atoms with Gasteiger partial charge in [-0.25, -0.2) is 4.98 Å². The molecule has 0 fully saturated rings. The highest BCUT2D eigenvalue weighted by Gasteiger charge is 2.04. The number of nitrogens with zero attached hydrogens (tertiary/aromatic N) is 1. The molecule has 1 heterocycles. The van der Waals surface area contributed by atoms with Crippen molar-refractivity contribution in [2.45, 2.75) is 5.88 Å². The fourth-order valence-corrected chi connectivity index (χ4v) is 2.19. The van der Waals surface area contributed by atoms with Gasteiger partial charge in [0, 0.05) is 11.6 Å². The van der Waals surface area contributed by atoms with Crippen LogP contribution in [0.15, 0.2) is 53.3 Å². The van der Waals surface area contributed by atoms with Crippen LogP contribution >= 0.6 is 11.6 Å². The second-order valence-corrected chi connectivity index (χ2v) is 4.55. The van der Waals surface area contributed by atoms with E-state index in [1.54, 1.807) is 0 Å². The number of aromatic nitrogens is 2. The number of nitrogens with one attached hydrogen (secondary N) is 1. The summed E-state index contributed by atoms with van der Waals surface area (Å²) in [5, 5.41) is 2.26. The first kappa shape index (κ1) is 11.9. The van der Waals surface area contributed by atoms with Gasteiger partial charge in [0.05, 0.1) is 11.6 Å². The molecular weight excluding hydrogens is 260 g/mol. The molecule has 0 aliphatic rings. The maximum absolute atomic E-state index is 11.6. The minimum atomic E-state index is -0.186. The molecule has 0 atom stereocenters. The van der Waals surface area contributed by atoms with Gasteiger partial charge in [0.1, 0.15) is 5.82 Å². The lowest BCUT2D eigenvalue weighted by atomic mass is 10.1. The van der Waals surface area contributed by atoms with Gasteiger partial charge in [-0.15, -0.1) is 11.6 Å². The quantitative estimate of drug-likeness (QED) is 0.726. The summed E-state index contributed by atoms with van der Waals surface area (Å²) >= 11 is 5.74. The summed E-state index contributed by atoms with van der Waals surface area (Å²) in [5.41, 5.74) is 1.27. The van der Waals surface area contributed by atoms with Gasteiger partial charge in [-0.3, -0.25) is 4.79 Å². The van der Waals surface area contributed by atoms with E-state index in [4.69, 9.17) is 11.6 Å². The van der Waals surface area contributed by atoms with Crippen molar-refractivity contribution in [3.63, 3.8) is 0 Å². The number of aromatic amines is 1. The van der Waals surface area contributed by atoms with Crippen LogP contribution in [-0.4, -0.2) is 9.97 Å². The van der Waals surface area contributed by atoms with Gasteiger partial charge in [-0.1, -0.05) is 36.4 Å². The van der Waals surface area contributed by atoms with Gasteiger partial charge in [0.2, 0.25) is 0 Å². The first-order valence-corrected chi connectivity index (χ1v) is 6.45. The van der Waals surface area contributed by atoms with Crippen molar-refractivity contribution in [3.05, 3.63) is 64.6 Å². The van der Waals surface area contributed by atoms with Crippen LogP contribution in [0.5, 0.6) is 0 Å². The van der Waals surface area contributed by atoms with Crippen LogP contribution < -0.4 is 5.56 Å². The molecule has 1 N–H and O–H groups in total. The Labute approximate surface area is 114 Å². The number of fused-ring (bicyclic) bond motifs is 1. The zero-order valence-corrected chi connectivity index (χ0v) is 10.8. The molecule has 0 amide bonds. The molecule has 0 radical (unpaired) electrons. The lowest BCUT2D eigenvalue weighted by Crippen LogP contribution is -2.09. The summed E-state index contributed by atoms with van der Waals surface area (Å²) < 4.78 is 0. The monoisotopic (exact) mass is 270 g/mol. The Balaban J connectivity index is 2.18. The fourth-order valence-electron chi connectivity index (χ4n) is 2.05. The van der Waals surface area contributed by atoms with E-state index in [9.17, 15) is 4.79 Å². The van der Waals surface area contributed by atoms with Crippen molar-refractivity contribution in [3.8, 4) is 11.4 Å². The van der Waals surface area contributed by atoms with E-state index in [2.05, 4.69) is 9.97 Å². The van der Waals surface area contributed by atoms with Crippen LogP contribution in [-0.2, 0) is 5.88 Å². The predicted octanol–water partition coefficient (Wildman–Crippen LogP) is 3.33. The van der Waals surface area contributed by atoms with Gasteiger partial charge in [0.15, 0.2) is 0 Å². The molecule has 3 aromatic rings. The van der Waals surface area contributed by atoms with E-state index in [1.807, 2.05) is 42.5 Å². The summed E-state index contributed by atoms with van der Waals surface area (Å²) in [6, 6.07) is 15.4. The van der Waals surface area contributed by atoms with Crippen LogP contribution in [0, 0.1) is 0 Å². The van der Waals surface area contributed by atoms with E-state index < -0.39 is 0 Å². The minimum absolute atomic E-state index is 0.186. The van der Waals surface area contributed by atoms with Gasteiger partial charge >= 0.3 is 0 Å². The van der Waals surface area contributed by atoms with Gasteiger partial charge in [-0.05, 0) is 16.8 Å². The minimum Gasteiger partial charge on any atom is -0.307 e. The molecule has 0 saturated heterocycles. The van der Waals surface area contributed by atoms with Gasteiger partial charge < -0.3 is 4.98 Å². The van der Waals surface area contributed by atoms with Crippen LogP contribution in [0.1, 0.15) is 5.69 Å². The molecule has 0 spiro atoms. The molecular formula is C15H11ClN2O. The maximum Gasteiger partial charge on any atom is 0.251 e. The van der Waals surface area contributed by atoms with Gasteiger partial charge in [-0.2, -0.15) is 0 Å². The number of halogens is 1. The predicted molar refractivity (Wildman–Crippen MR) is 77.4 cm³/mol. The summed E-state index contributed by atoms with van der Waals surface area (Å²) in [5.74, 6) is 0.777. The highest BCUT2D eigenvalue weighted by atomic mass is 35.5. The highest BCUT2D eigenvalue weighted by molar-refractivity contribution is 6.16. The van der Waals surface area contributed by atoms with Crippen molar-refractivity contribution in [2.24, 2.45) is 0 Å².